The Morgan fingerprint density at radius 1 is 1.15 bits per heavy atom. The molecule has 0 aromatic carbocycles. The molecule has 0 spiro atoms. The Morgan fingerprint density at radius 2 is 1.74 bits per heavy atom. The predicted octanol–water partition coefficient (Wildman–Crippen LogP) is 2.55. The highest BCUT2D eigenvalue weighted by Gasteiger charge is 2.34. The second kappa shape index (κ2) is 11.2. The van der Waals surface area contributed by atoms with Crippen LogP contribution in [-0.4, -0.2) is 44.9 Å². The van der Waals surface area contributed by atoms with Crippen LogP contribution >= 0.6 is 0 Å². The van der Waals surface area contributed by atoms with Crippen molar-refractivity contribution in [3.63, 3.8) is 0 Å². The highest BCUT2D eigenvalue weighted by Crippen LogP contribution is 2.32. The maximum absolute atomic E-state index is 11.8. The van der Waals surface area contributed by atoms with E-state index in [0.29, 0.717) is 12.7 Å². The van der Waals surface area contributed by atoms with Gasteiger partial charge < -0.3 is 20.1 Å². The summed E-state index contributed by atoms with van der Waals surface area (Å²) in [5.41, 5.74) is -0.901. The molecule has 0 saturated heterocycles. The maximum atomic E-state index is 11.8. The lowest BCUT2D eigenvalue weighted by Gasteiger charge is -2.25. The minimum absolute atomic E-state index is 0.0157. The van der Waals surface area contributed by atoms with Gasteiger partial charge in [0.1, 0.15) is 12.1 Å². The van der Waals surface area contributed by atoms with Gasteiger partial charge in [-0.25, -0.2) is 0 Å². The molecule has 0 amide bonds. The molecule has 0 aliphatic rings. The Kier molecular flexibility index (Phi) is 10.2. The van der Waals surface area contributed by atoms with Crippen LogP contribution in [0.3, 0.4) is 0 Å². The van der Waals surface area contributed by atoms with Crippen molar-refractivity contribution in [1.29, 1.82) is 0 Å². The number of aliphatic carboxylic acids is 2. The van der Waals surface area contributed by atoms with Crippen LogP contribution in [0, 0.1) is 11.8 Å². The summed E-state index contributed by atoms with van der Waals surface area (Å²) in [6, 6.07) is 0. The SMILES string of the molecule is C=C(CCCC(C)=O)[C@H](C(=O)O)[C@H](CC(=O)O)/C(C=O)=C\C=C\C(C)(C)O. The summed E-state index contributed by atoms with van der Waals surface area (Å²) in [6.45, 7) is 8.21. The topological polar surface area (TPSA) is 129 Å². The van der Waals surface area contributed by atoms with E-state index in [-0.39, 0.29) is 29.8 Å². The number of aliphatic hydroxyl groups is 1. The van der Waals surface area contributed by atoms with Crippen molar-refractivity contribution < 1.29 is 34.5 Å². The highest BCUT2D eigenvalue weighted by atomic mass is 16.4. The van der Waals surface area contributed by atoms with Crippen LogP contribution < -0.4 is 0 Å². The molecule has 0 aliphatic heterocycles. The van der Waals surface area contributed by atoms with Crippen molar-refractivity contribution in [2.24, 2.45) is 11.8 Å². The molecule has 3 N–H and O–H groups in total. The van der Waals surface area contributed by atoms with Crippen LogP contribution in [0.4, 0.5) is 0 Å². The third-order valence-electron chi connectivity index (χ3n) is 3.89. The van der Waals surface area contributed by atoms with Gasteiger partial charge in [-0.3, -0.25) is 14.4 Å². The summed E-state index contributed by atoms with van der Waals surface area (Å²) < 4.78 is 0. The minimum Gasteiger partial charge on any atom is -0.481 e. The molecule has 0 bridgehead atoms. The van der Waals surface area contributed by atoms with Crippen LogP contribution in [0.2, 0.25) is 0 Å². The van der Waals surface area contributed by atoms with Gasteiger partial charge in [0.2, 0.25) is 0 Å². The van der Waals surface area contributed by atoms with Gasteiger partial charge in [0.15, 0.2) is 0 Å². The normalized spacial score (nSPS) is 14.6. The number of allylic oxidation sites excluding steroid dienone is 3. The molecule has 27 heavy (non-hydrogen) atoms. The number of carboxylic acid groups (broad SMARTS) is 2. The molecule has 150 valence electrons. The van der Waals surface area contributed by atoms with Gasteiger partial charge in [-0.15, -0.1) is 0 Å². The monoisotopic (exact) mass is 380 g/mol. The Hall–Kier alpha value is -2.54. The van der Waals surface area contributed by atoms with Gasteiger partial charge in [-0.2, -0.15) is 0 Å². The molecular weight excluding hydrogens is 352 g/mol. The number of carboxylic acids is 2. The first-order valence-corrected chi connectivity index (χ1v) is 8.57. The second-order valence-electron chi connectivity index (χ2n) is 7.03. The largest absolute Gasteiger partial charge is 0.481 e. The van der Waals surface area contributed by atoms with Crippen molar-refractivity contribution >= 4 is 24.0 Å². The van der Waals surface area contributed by atoms with Crippen LogP contribution in [0.5, 0.6) is 0 Å². The maximum Gasteiger partial charge on any atom is 0.311 e. The average Bonchev–Trinajstić information content (AvgIpc) is 2.48. The quantitative estimate of drug-likeness (QED) is 0.194. The Bertz CT molecular complexity index is 635. The first-order chi connectivity index (χ1) is 12.4. The van der Waals surface area contributed by atoms with Gasteiger partial charge in [0.05, 0.1) is 17.9 Å². The van der Waals surface area contributed by atoms with Crippen molar-refractivity contribution in [2.75, 3.05) is 0 Å². The summed E-state index contributed by atoms with van der Waals surface area (Å²) in [6.07, 6.45) is 4.83. The Morgan fingerprint density at radius 3 is 2.15 bits per heavy atom. The van der Waals surface area contributed by atoms with Gasteiger partial charge >= 0.3 is 11.9 Å². The molecule has 0 aromatic heterocycles. The van der Waals surface area contributed by atoms with Crippen LogP contribution in [0.15, 0.2) is 36.0 Å². The van der Waals surface area contributed by atoms with E-state index < -0.39 is 35.8 Å². The zero-order valence-electron chi connectivity index (χ0n) is 16.0. The standard InChI is InChI=1S/C20H28O7/c1-13(7-5-8-14(2)22)18(19(25)26)16(11-17(23)24)15(12-21)9-6-10-20(3,4)27/h6,9-10,12,16,18,27H,1,5,7-8,11H2,2-4H3,(H,23,24)(H,25,26)/b10-6+,15-9-/t16-,18+/m1/s1. The lowest BCUT2D eigenvalue weighted by atomic mass is 9.78. The number of carbonyl (C=O) groups is 4. The van der Waals surface area contributed by atoms with E-state index in [0.717, 1.165) is 0 Å². The van der Waals surface area contributed by atoms with Crippen molar-refractivity contribution in [2.45, 2.75) is 52.1 Å². The number of ketones is 1. The second-order valence-corrected chi connectivity index (χ2v) is 7.03. The number of hydrogen-bond donors (Lipinski definition) is 3. The minimum atomic E-state index is -1.28. The number of rotatable bonds is 13. The van der Waals surface area contributed by atoms with E-state index in [1.54, 1.807) is 0 Å². The molecule has 0 rings (SSSR count). The number of Topliss-reactive ketones (excluding diaryl/α,β-unsaturated/α-hetero) is 1. The lowest BCUT2D eigenvalue weighted by molar-refractivity contribution is -0.143. The summed E-state index contributed by atoms with van der Waals surface area (Å²) in [5.74, 6) is -4.97. The molecule has 0 aromatic rings. The van der Waals surface area contributed by atoms with Crippen LogP contribution in [-0.2, 0) is 19.2 Å². The highest BCUT2D eigenvalue weighted by molar-refractivity contribution is 5.83. The fourth-order valence-electron chi connectivity index (χ4n) is 2.61. The first-order valence-electron chi connectivity index (χ1n) is 8.57. The number of carbonyl (C=O) groups excluding carboxylic acids is 2. The van der Waals surface area contributed by atoms with E-state index in [2.05, 4.69) is 6.58 Å². The third-order valence-corrected chi connectivity index (χ3v) is 3.89. The third kappa shape index (κ3) is 10.3. The van der Waals surface area contributed by atoms with E-state index in [4.69, 9.17) is 0 Å². The molecule has 0 heterocycles. The van der Waals surface area contributed by atoms with Gasteiger partial charge in [-0.1, -0.05) is 30.4 Å². The van der Waals surface area contributed by atoms with E-state index in [9.17, 15) is 34.5 Å². The van der Waals surface area contributed by atoms with Gasteiger partial charge in [-0.05, 0) is 39.2 Å². The Labute approximate surface area is 159 Å². The number of hydrogen-bond acceptors (Lipinski definition) is 5. The molecule has 2 atom stereocenters. The molecule has 7 nitrogen and oxygen atoms in total. The summed E-state index contributed by atoms with van der Waals surface area (Å²) in [4.78, 5) is 45.6. The molecule has 0 unspecified atom stereocenters. The zero-order chi connectivity index (χ0) is 21.2. The average molecular weight is 380 g/mol. The van der Waals surface area contributed by atoms with E-state index in [1.807, 2.05) is 0 Å². The fourth-order valence-corrected chi connectivity index (χ4v) is 2.61. The zero-order valence-corrected chi connectivity index (χ0v) is 16.0. The first kappa shape index (κ1) is 24.5. The number of aldehydes is 1. The summed E-state index contributed by atoms with van der Waals surface area (Å²) >= 11 is 0. The predicted molar refractivity (Wildman–Crippen MR) is 100 cm³/mol. The molecule has 0 aliphatic carbocycles. The smallest absolute Gasteiger partial charge is 0.311 e. The summed E-state index contributed by atoms with van der Waals surface area (Å²) in [5, 5.41) is 28.5. The molecule has 0 saturated carbocycles. The van der Waals surface area contributed by atoms with E-state index >= 15 is 0 Å². The van der Waals surface area contributed by atoms with E-state index in [1.165, 1.54) is 39.0 Å². The van der Waals surface area contributed by atoms with Crippen LogP contribution in [0.1, 0.15) is 46.5 Å². The van der Waals surface area contributed by atoms with Crippen molar-refractivity contribution in [1.82, 2.24) is 0 Å². The van der Waals surface area contributed by atoms with Crippen molar-refractivity contribution in [3.8, 4) is 0 Å². The summed E-state index contributed by atoms with van der Waals surface area (Å²) in [7, 11) is 0. The molecule has 7 heteroatoms. The van der Waals surface area contributed by atoms with Crippen molar-refractivity contribution in [3.05, 3.63) is 36.0 Å². The van der Waals surface area contributed by atoms with Gasteiger partial charge in [0.25, 0.3) is 0 Å². The molecule has 0 radical (unpaired) electrons. The molecule has 0 fully saturated rings. The Balaban J connectivity index is 5.76. The lowest BCUT2D eigenvalue weighted by Crippen LogP contribution is -2.29. The van der Waals surface area contributed by atoms with Crippen LogP contribution in [0.25, 0.3) is 0 Å². The molecular formula is C20H28O7. The van der Waals surface area contributed by atoms with Gasteiger partial charge in [0, 0.05) is 12.3 Å². The fraction of sp³-hybridized carbons (Fsp3) is 0.500.